The van der Waals surface area contributed by atoms with Gasteiger partial charge in [0.2, 0.25) is 5.82 Å². The van der Waals surface area contributed by atoms with Gasteiger partial charge in [0.15, 0.2) is 5.54 Å². The lowest BCUT2D eigenvalue weighted by Gasteiger charge is -2.34. The predicted octanol–water partition coefficient (Wildman–Crippen LogP) is 9.23. The molecule has 0 saturated heterocycles. The molecule has 6 nitrogen and oxygen atoms in total. The van der Waals surface area contributed by atoms with Crippen molar-refractivity contribution >= 4 is 34.0 Å². The minimum atomic E-state index is -0.836. The van der Waals surface area contributed by atoms with Crippen LogP contribution in [0.1, 0.15) is 28.1 Å². The van der Waals surface area contributed by atoms with Crippen molar-refractivity contribution in [2.45, 2.75) is 19.4 Å². The Morgan fingerprint density at radius 2 is 1.15 bits per heavy atom. The summed E-state index contributed by atoms with van der Waals surface area (Å²) in [4.78, 5) is 8.60. The zero-order valence-electron chi connectivity index (χ0n) is 26.4. The lowest BCUT2D eigenvalue weighted by atomic mass is 9.77. The monoisotopic (exact) mass is 724 g/mol. The molecule has 2 heterocycles. The van der Waals surface area contributed by atoms with E-state index in [0.29, 0.717) is 5.82 Å². The molecule has 7 heteroatoms. The summed E-state index contributed by atoms with van der Waals surface area (Å²) < 4.78 is 1.15. The Morgan fingerprint density at radius 1 is 0.638 bits per heavy atom. The van der Waals surface area contributed by atoms with Gasteiger partial charge in [-0.3, -0.25) is 4.98 Å². The minimum Gasteiger partial charge on any atom is -0.344 e. The highest BCUT2D eigenvalue weighted by Crippen LogP contribution is 2.40. The van der Waals surface area contributed by atoms with Crippen molar-refractivity contribution in [1.82, 2.24) is 25.2 Å². The molecule has 0 aliphatic heterocycles. The summed E-state index contributed by atoms with van der Waals surface area (Å²) in [5.41, 5.74) is 9.61. The van der Waals surface area contributed by atoms with E-state index in [4.69, 9.17) is 15.4 Å². The Morgan fingerprint density at radius 3 is 1.70 bits per heavy atom. The average Bonchev–Trinajstić information content (AvgIpc) is 3.62. The van der Waals surface area contributed by atoms with Crippen LogP contribution in [0, 0.1) is 17.4 Å². The van der Waals surface area contributed by atoms with Crippen LogP contribution in [0.5, 0.6) is 0 Å². The summed E-state index contributed by atoms with van der Waals surface area (Å²) in [7, 11) is 2.10. The number of hydrogen-bond donors (Lipinski definition) is 0. The van der Waals surface area contributed by atoms with Crippen LogP contribution in [0.25, 0.3) is 22.5 Å². The maximum atomic E-state index is 5.16. The highest BCUT2D eigenvalue weighted by Gasteiger charge is 2.41. The average molecular weight is 725 g/mol. The molecule has 7 aromatic rings. The molecular weight excluding hydrogens is 691 g/mol. The number of benzene rings is 5. The summed E-state index contributed by atoms with van der Waals surface area (Å²) in [6, 6.07) is 50.2. The van der Waals surface area contributed by atoms with Crippen molar-refractivity contribution in [2.75, 3.05) is 11.9 Å². The molecule has 5 aromatic carbocycles. The van der Waals surface area contributed by atoms with Crippen LogP contribution in [-0.4, -0.2) is 32.2 Å². The Bertz CT molecular complexity index is 2030. The van der Waals surface area contributed by atoms with Crippen molar-refractivity contribution in [3.8, 4) is 22.5 Å². The van der Waals surface area contributed by atoms with Gasteiger partial charge in [0.1, 0.15) is 0 Å². The number of rotatable bonds is 8. The first-order valence-electron chi connectivity index (χ1n) is 15.5. The topological polar surface area (TPSA) is 59.7 Å². The number of aryl methyl sites for hydroxylation is 2. The van der Waals surface area contributed by atoms with Crippen molar-refractivity contribution in [2.24, 2.45) is 0 Å². The lowest BCUT2D eigenvalue weighted by molar-refractivity contribution is 0.396. The molecule has 230 valence electrons. The molecule has 0 unspecified atom stereocenters. The fraction of sp³-hybridized carbons (Fsp3) is 0.100. The highest BCUT2D eigenvalue weighted by atomic mass is 127. The number of pyridine rings is 1. The Hall–Kier alpha value is -5.15. The van der Waals surface area contributed by atoms with E-state index in [2.05, 4.69) is 168 Å². The minimum absolute atomic E-state index is 0.561. The molecule has 0 bridgehead atoms. The van der Waals surface area contributed by atoms with Crippen molar-refractivity contribution in [3.63, 3.8) is 0 Å². The summed E-state index contributed by atoms with van der Waals surface area (Å²) >= 11 is 2.38. The van der Waals surface area contributed by atoms with Crippen LogP contribution in [0.4, 0.5) is 11.4 Å². The van der Waals surface area contributed by atoms with E-state index in [-0.39, 0.29) is 0 Å². The smallest absolute Gasteiger partial charge is 0.205 e. The standard InChI is InChI=1S/C40H33IN6/c1-28-27-37(38(41)29(2)42-28)46(3)34-25-23-30(24-26-34)35-21-13-14-22-36(35)39-43-45-47(44-39)40(31-15-7-4-8-16-31,32-17-9-5-10-18-32)33-19-11-6-12-20-33/h4-27H,1-3H3. The normalized spacial score (nSPS) is 11.4. The SMILES string of the molecule is Cc1cc(N(C)c2ccc(-c3ccccc3-c3nnn(C(c4ccccc4)(c4ccccc4)c4ccccc4)n3)cc2)c(I)c(C)n1. The molecule has 0 amide bonds. The number of nitrogens with zero attached hydrogens (tertiary/aromatic N) is 6. The quantitative estimate of drug-likeness (QED) is 0.116. The van der Waals surface area contributed by atoms with Gasteiger partial charge in [0, 0.05) is 24.0 Å². The molecular formula is C40H33IN6. The van der Waals surface area contributed by atoms with Gasteiger partial charge in [-0.15, -0.1) is 15.0 Å². The fourth-order valence-electron chi connectivity index (χ4n) is 6.32. The Balaban J connectivity index is 1.32. The van der Waals surface area contributed by atoms with Gasteiger partial charge in [-0.1, -0.05) is 127 Å². The first kappa shape index (κ1) is 30.5. The van der Waals surface area contributed by atoms with E-state index < -0.39 is 5.54 Å². The summed E-state index contributed by atoms with van der Waals surface area (Å²) in [6.45, 7) is 4.09. The van der Waals surface area contributed by atoms with Gasteiger partial charge < -0.3 is 4.90 Å². The van der Waals surface area contributed by atoms with Crippen molar-refractivity contribution in [1.29, 1.82) is 0 Å². The number of anilines is 2. The number of tetrazole rings is 1. The Kier molecular flexibility index (Phi) is 8.39. The van der Waals surface area contributed by atoms with Gasteiger partial charge in [0.25, 0.3) is 0 Å². The molecule has 0 radical (unpaired) electrons. The Labute approximate surface area is 288 Å². The van der Waals surface area contributed by atoms with Crippen LogP contribution in [0.3, 0.4) is 0 Å². The molecule has 0 N–H and O–H groups in total. The lowest BCUT2D eigenvalue weighted by Crippen LogP contribution is -2.39. The third-order valence-electron chi connectivity index (χ3n) is 8.62. The van der Waals surface area contributed by atoms with Gasteiger partial charge in [-0.05, 0) is 87.7 Å². The third kappa shape index (κ3) is 5.61. The maximum Gasteiger partial charge on any atom is 0.205 e. The second-order valence-electron chi connectivity index (χ2n) is 11.5. The van der Waals surface area contributed by atoms with Crippen molar-refractivity contribution in [3.05, 3.63) is 177 Å². The van der Waals surface area contributed by atoms with Crippen LogP contribution in [-0.2, 0) is 5.54 Å². The van der Waals surface area contributed by atoms with Gasteiger partial charge in [-0.25, -0.2) is 0 Å². The first-order valence-corrected chi connectivity index (χ1v) is 16.6. The fourth-order valence-corrected chi connectivity index (χ4v) is 6.96. The van der Waals surface area contributed by atoms with E-state index in [1.54, 1.807) is 4.80 Å². The number of halogens is 1. The van der Waals surface area contributed by atoms with Gasteiger partial charge in [-0.2, -0.15) is 0 Å². The first-order chi connectivity index (χ1) is 23.0. The van der Waals surface area contributed by atoms with E-state index in [1.807, 2.05) is 31.2 Å². The van der Waals surface area contributed by atoms with Gasteiger partial charge >= 0.3 is 0 Å². The molecule has 47 heavy (non-hydrogen) atoms. The van der Waals surface area contributed by atoms with Crippen LogP contribution in [0.15, 0.2) is 146 Å². The molecule has 0 spiro atoms. The van der Waals surface area contributed by atoms with Crippen LogP contribution >= 0.6 is 22.6 Å². The van der Waals surface area contributed by atoms with Gasteiger partial charge in [0.05, 0.1) is 15.0 Å². The predicted molar refractivity (Wildman–Crippen MR) is 198 cm³/mol. The summed E-state index contributed by atoms with van der Waals surface area (Å²) in [6.07, 6.45) is 0. The molecule has 7 rings (SSSR count). The summed E-state index contributed by atoms with van der Waals surface area (Å²) in [5.74, 6) is 0.561. The molecule has 0 saturated carbocycles. The van der Waals surface area contributed by atoms with E-state index in [0.717, 1.165) is 59.7 Å². The zero-order valence-corrected chi connectivity index (χ0v) is 28.6. The maximum absolute atomic E-state index is 5.16. The second kappa shape index (κ2) is 12.9. The number of hydrogen-bond acceptors (Lipinski definition) is 5. The molecule has 0 fully saturated rings. The molecule has 0 aliphatic carbocycles. The molecule has 0 aliphatic rings. The van der Waals surface area contributed by atoms with Crippen molar-refractivity contribution < 1.29 is 0 Å². The van der Waals surface area contributed by atoms with E-state index in [1.165, 1.54) is 0 Å². The van der Waals surface area contributed by atoms with Crippen LogP contribution in [0.2, 0.25) is 0 Å². The van der Waals surface area contributed by atoms with E-state index >= 15 is 0 Å². The second-order valence-corrected chi connectivity index (χ2v) is 12.6. The zero-order chi connectivity index (χ0) is 32.4. The largest absolute Gasteiger partial charge is 0.344 e. The highest BCUT2D eigenvalue weighted by molar-refractivity contribution is 14.1. The molecule has 0 atom stereocenters. The third-order valence-corrected chi connectivity index (χ3v) is 9.95. The van der Waals surface area contributed by atoms with E-state index in [9.17, 15) is 0 Å². The molecule has 2 aromatic heterocycles. The number of aromatic nitrogens is 5. The van der Waals surface area contributed by atoms with Crippen LogP contribution < -0.4 is 4.90 Å². The summed E-state index contributed by atoms with van der Waals surface area (Å²) in [5, 5.41) is 14.6.